The molecule has 3 aromatic rings. The standard InChI is InChI=1S/C20H19FN4O4S2/c1-11-15(18(26)28-2)17(31-16(11)19(27)29-3)23-20(30)22-14-8-9-25(24-14)10-12-6-4-5-7-13(12)21/h4-9H,10H2,1-3H3,(H2,22,23,24,30). The van der Waals surface area contributed by atoms with Gasteiger partial charge in [0.25, 0.3) is 0 Å². The number of rotatable bonds is 6. The number of anilines is 2. The number of nitrogens with zero attached hydrogens (tertiary/aromatic N) is 2. The number of esters is 2. The molecule has 0 radical (unpaired) electrons. The molecule has 11 heteroatoms. The molecule has 0 unspecified atom stereocenters. The molecule has 2 heterocycles. The quantitative estimate of drug-likeness (QED) is 0.422. The molecule has 0 aliphatic carbocycles. The Morgan fingerprint density at radius 1 is 1.16 bits per heavy atom. The van der Waals surface area contributed by atoms with Crippen LogP contribution in [0, 0.1) is 12.7 Å². The van der Waals surface area contributed by atoms with Gasteiger partial charge in [-0.1, -0.05) is 18.2 Å². The van der Waals surface area contributed by atoms with Crippen LogP contribution in [0.5, 0.6) is 0 Å². The molecular formula is C20H19FN4O4S2. The fourth-order valence-electron chi connectivity index (χ4n) is 2.81. The summed E-state index contributed by atoms with van der Waals surface area (Å²) >= 11 is 6.34. The maximum Gasteiger partial charge on any atom is 0.348 e. The van der Waals surface area contributed by atoms with Crippen molar-refractivity contribution >= 4 is 51.4 Å². The first kappa shape index (κ1) is 22.4. The Hall–Kier alpha value is -3.31. The topological polar surface area (TPSA) is 94.5 Å². The lowest BCUT2D eigenvalue weighted by molar-refractivity contribution is 0.0601. The van der Waals surface area contributed by atoms with E-state index < -0.39 is 11.9 Å². The van der Waals surface area contributed by atoms with Crippen molar-refractivity contribution in [3.8, 4) is 0 Å². The number of nitrogens with one attached hydrogen (secondary N) is 2. The largest absolute Gasteiger partial charge is 0.465 e. The highest BCUT2D eigenvalue weighted by Crippen LogP contribution is 2.34. The van der Waals surface area contributed by atoms with Gasteiger partial charge in [0, 0.05) is 17.8 Å². The summed E-state index contributed by atoms with van der Waals surface area (Å²) in [5.74, 6) is -1.06. The summed E-state index contributed by atoms with van der Waals surface area (Å²) in [5, 5.41) is 10.6. The first-order chi connectivity index (χ1) is 14.8. The van der Waals surface area contributed by atoms with Crippen molar-refractivity contribution in [1.29, 1.82) is 0 Å². The van der Waals surface area contributed by atoms with Crippen LogP contribution in [0.3, 0.4) is 0 Å². The third-order valence-corrected chi connectivity index (χ3v) is 5.70. The van der Waals surface area contributed by atoms with E-state index in [0.29, 0.717) is 21.9 Å². The molecule has 31 heavy (non-hydrogen) atoms. The number of carbonyl (C=O) groups excluding carboxylic acids is 2. The van der Waals surface area contributed by atoms with Crippen molar-refractivity contribution in [1.82, 2.24) is 9.78 Å². The molecular weight excluding hydrogens is 443 g/mol. The number of hydrogen-bond donors (Lipinski definition) is 2. The maximum atomic E-state index is 13.8. The van der Waals surface area contributed by atoms with Gasteiger partial charge >= 0.3 is 11.9 Å². The van der Waals surface area contributed by atoms with Crippen LogP contribution in [-0.2, 0) is 16.0 Å². The van der Waals surface area contributed by atoms with Gasteiger partial charge in [0.05, 0.1) is 26.3 Å². The van der Waals surface area contributed by atoms with Gasteiger partial charge in [-0.2, -0.15) is 5.10 Å². The van der Waals surface area contributed by atoms with E-state index in [-0.39, 0.29) is 27.9 Å². The number of benzene rings is 1. The Labute approximate surface area is 187 Å². The third-order valence-electron chi connectivity index (χ3n) is 4.31. The summed E-state index contributed by atoms with van der Waals surface area (Å²) in [5.41, 5.74) is 1.13. The molecule has 0 saturated heterocycles. The van der Waals surface area contributed by atoms with Crippen molar-refractivity contribution < 1.29 is 23.5 Å². The Morgan fingerprint density at radius 2 is 1.87 bits per heavy atom. The first-order valence-corrected chi connectivity index (χ1v) is 10.2. The van der Waals surface area contributed by atoms with Crippen LogP contribution in [0.15, 0.2) is 36.5 Å². The molecule has 1 aromatic carbocycles. The van der Waals surface area contributed by atoms with E-state index in [9.17, 15) is 14.0 Å². The highest BCUT2D eigenvalue weighted by molar-refractivity contribution is 7.80. The molecule has 0 amide bonds. The van der Waals surface area contributed by atoms with Gasteiger partial charge in [0.2, 0.25) is 0 Å². The second-order valence-electron chi connectivity index (χ2n) is 6.31. The van der Waals surface area contributed by atoms with Crippen LogP contribution in [0.1, 0.15) is 31.2 Å². The lowest BCUT2D eigenvalue weighted by atomic mass is 10.1. The fraction of sp³-hybridized carbons (Fsp3) is 0.200. The van der Waals surface area contributed by atoms with Crippen LogP contribution < -0.4 is 10.6 Å². The summed E-state index contributed by atoms with van der Waals surface area (Å²) in [6, 6.07) is 8.13. The lowest BCUT2D eigenvalue weighted by Gasteiger charge is -2.09. The zero-order valence-electron chi connectivity index (χ0n) is 16.9. The molecule has 0 atom stereocenters. The molecule has 0 aliphatic rings. The van der Waals surface area contributed by atoms with Crippen LogP contribution in [0.2, 0.25) is 0 Å². The molecule has 0 saturated carbocycles. The van der Waals surface area contributed by atoms with E-state index in [1.54, 1.807) is 42.1 Å². The number of thiocarbonyl (C=S) groups is 1. The fourth-order valence-corrected chi connectivity index (χ4v) is 4.19. The number of ether oxygens (including phenoxy) is 2. The van der Waals surface area contributed by atoms with E-state index in [4.69, 9.17) is 21.7 Å². The number of aromatic nitrogens is 2. The van der Waals surface area contributed by atoms with Crippen molar-refractivity contribution in [3.05, 3.63) is 63.9 Å². The van der Waals surface area contributed by atoms with Crippen LogP contribution in [0.4, 0.5) is 15.2 Å². The SMILES string of the molecule is COC(=O)c1sc(NC(=S)Nc2ccn(Cc3ccccc3F)n2)c(C(=O)OC)c1C. The molecule has 3 rings (SSSR count). The Morgan fingerprint density at radius 3 is 2.55 bits per heavy atom. The summed E-state index contributed by atoms with van der Waals surface area (Å²) < 4.78 is 25.0. The monoisotopic (exact) mass is 462 g/mol. The van der Waals surface area contributed by atoms with Crippen LogP contribution >= 0.6 is 23.6 Å². The van der Waals surface area contributed by atoms with Crippen molar-refractivity contribution in [3.63, 3.8) is 0 Å². The molecule has 0 fully saturated rings. The average molecular weight is 463 g/mol. The van der Waals surface area contributed by atoms with Gasteiger partial charge < -0.3 is 20.1 Å². The predicted molar refractivity (Wildman–Crippen MR) is 119 cm³/mol. The third kappa shape index (κ3) is 5.06. The average Bonchev–Trinajstić information content (AvgIpc) is 3.32. The molecule has 162 valence electrons. The second-order valence-corrected chi connectivity index (χ2v) is 7.74. The van der Waals surface area contributed by atoms with E-state index in [0.717, 1.165) is 11.3 Å². The van der Waals surface area contributed by atoms with Crippen LogP contribution in [0.25, 0.3) is 0 Å². The molecule has 0 spiro atoms. The highest BCUT2D eigenvalue weighted by atomic mass is 32.1. The smallest absolute Gasteiger partial charge is 0.348 e. The van der Waals surface area contributed by atoms with E-state index >= 15 is 0 Å². The summed E-state index contributed by atoms with van der Waals surface area (Å²) in [6.07, 6.45) is 1.68. The molecule has 2 N–H and O–H groups in total. The van der Waals surface area contributed by atoms with Gasteiger partial charge in [-0.05, 0) is 30.8 Å². The van der Waals surface area contributed by atoms with Gasteiger partial charge in [-0.15, -0.1) is 11.3 Å². The minimum absolute atomic E-state index is 0.152. The van der Waals surface area contributed by atoms with Gasteiger partial charge in [0.15, 0.2) is 10.9 Å². The molecule has 2 aromatic heterocycles. The summed E-state index contributed by atoms with van der Waals surface area (Å²) in [4.78, 5) is 24.5. The first-order valence-electron chi connectivity index (χ1n) is 8.99. The Kier molecular flexibility index (Phi) is 6.98. The highest BCUT2D eigenvalue weighted by Gasteiger charge is 2.26. The maximum absolute atomic E-state index is 13.8. The summed E-state index contributed by atoms with van der Waals surface area (Å²) in [6.45, 7) is 1.88. The van der Waals surface area contributed by atoms with Crippen molar-refractivity contribution in [2.24, 2.45) is 0 Å². The van der Waals surface area contributed by atoms with Crippen LogP contribution in [-0.4, -0.2) is 41.1 Å². The van der Waals surface area contributed by atoms with E-state index in [2.05, 4.69) is 15.7 Å². The Balaban J connectivity index is 1.74. The molecule has 0 aliphatic heterocycles. The van der Waals surface area contributed by atoms with Crippen molar-refractivity contribution in [2.45, 2.75) is 13.5 Å². The van der Waals surface area contributed by atoms with Crippen molar-refractivity contribution in [2.75, 3.05) is 24.9 Å². The van der Waals surface area contributed by atoms with Gasteiger partial charge in [0.1, 0.15) is 15.7 Å². The molecule has 8 nitrogen and oxygen atoms in total. The normalized spacial score (nSPS) is 10.5. The predicted octanol–water partition coefficient (Wildman–Crippen LogP) is 3.82. The zero-order valence-corrected chi connectivity index (χ0v) is 18.5. The van der Waals surface area contributed by atoms with Gasteiger partial charge in [-0.3, -0.25) is 4.68 Å². The van der Waals surface area contributed by atoms with Gasteiger partial charge in [-0.25, -0.2) is 14.0 Å². The number of carbonyl (C=O) groups is 2. The van der Waals surface area contributed by atoms with E-state index in [1.807, 2.05) is 0 Å². The minimum Gasteiger partial charge on any atom is -0.465 e. The number of methoxy groups -OCH3 is 2. The number of hydrogen-bond acceptors (Lipinski definition) is 7. The molecule has 0 bridgehead atoms. The zero-order chi connectivity index (χ0) is 22.5. The number of halogens is 1. The Bertz CT molecular complexity index is 1140. The second kappa shape index (κ2) is 9.67. The minimum atomic E-state index is -0.608. The number of thiophene rings is 1. The lowest BCUT2D eigenvalue weighted by Crippen LogP contribution is -2.20. The summed E-state index contributed by atoms with van der Waals surface area (Å²) in [7, 11) is 2.51. The van der Waals surface area contributed by atoms with E-state index in [1.165, 1.54) is 20.3 Å².